The number of alkyl halides is 2. The number of rotatable bonds is 2. The Morgan fingerprint density at radius 1 is 1.39 bits per heavy atom. The van der Waals surface area contributed by atoms with E-state index in [1.165, 1.54) is 12.1 Å². The monoisotopic (exact) mass is 255 g/mol. The van der Waals surface area contributed by atoms with E-state index >= 15 is 0 Å². The molecule has 2 N–H and O–H groups in total. The van der Waals surface area contributed by atoms with Crippen LogP contribution in [0.1, 0.15) is 37.3 Å². The summed E-state index contributed by atoms with van der Waals surface area (Å²) in [5, 5.41) is 0. The van der Waals surface area contributed by atoms with Crippen molar-refractivity contribution in [2.45, 2.75) is 43.9 Å². The van der Waals surface area contributed by atoms with Gasteiger partial charge in [-0.2, -0.15) is 8.78 Å². The van der Waals surface area contributed by atoms with E-state index in [9.17, 15) is 8.78 Å². The zero-order valence-corrected chi connectivity index (χ0v) is 9.86. The molecule has 1 unspecified atom stereocenters. The van der Waals surface area contributed by atoms with Crippen molar-refractivity contribution in [3.8, 4) is 11.5 Å². The number of halogens is 2. The molecule has 1 aliphatic carbocycles. The Morgan fingerprint density at radius 2 is 2.17 bits per heavy atom. The Bertz CT molecular complexity index is 460. The summed E-state index contributed by atoms with van der Waals surface area (Å²) in [5.41, 5.74) is 6.81. The summed E-state index contributed by atoms with van der Waals surface area (Å²) in [5.74, 6) is 0.707. The lowest BCUT2D eigenvalue weighted by molar-refractivity contribution is -0.0515. The summed E-state index contributed by atoms with van der Waals surface area (Å²) < 4.78 is 34.7. The fraction of sp³-hybridized carbons (Fsp3) is 0.538. The zero-order valence-electron chi connectivity index (χ0n) is 9.86. The van der Waals surface area contributed by atoms with Crippen LogP contribution in [0.2, 0.25) is 0 Å². The largest absolute Gasteiger partial charge is 0.487 e. The Hall–Kier alpha value is -1.36. The maximum atomic E-state index is 12.2. The molecule has 0 radical (unpaired) electrons. The van der Waals surface area contributed by atoms with Gasteiger partial charge in [0.05, 0.1) is 0 Å². The molecule has 1 atom stereocenters. The Kier molecular flexibility index (Phi) is 2.66. The van der Waals surface area contributed by atoms with Crippen LogP contribution in [0.3, 0.4) is 0 Å². The minimum Gasteiger partial charge on any atom is -0.487 e. The van der Waals surface area contributed by atoms with E-state index in [4.69, 9.17) is 10.5 Å². The SMILES string of the molecule is NC1CC2(CCC2)Oc2cc(OC(F)F)ccc21. The van der Waals surface area contributed by atoms with Gasteiger partial charge in [-0.25, -0.2) is 0 Å². The molecule has 3 nitrogen and oxygen atoms in total. The number of hydrogen-bond donors (Lipinski definition) is 1. The molecule has 1 aliphatic heterocycles. The van der Waals surface area contributed by atoms with Gasteiger partial charge in [0.15, 0.2) is 0 Å². The van der Waals surface area contributed by atoms with E-state index in [2.05, 4.69) is 4.74 Å². The van der Waals surface area contributed by atoms with E-state index in [0.717, 1.165) is 31.2 Å². The molecule has 1 saturated carbocycles. The lowest BCUT2D eigenvalue weighted by atomic mass is 9.73. The van der Waals surface area contributed by atoms with Crippen LogP contribution in [-0.4, -0.2) is 12.2 Å². The summed E-state index contributed by atoms with van der Waals surface area (Å²) in [7, 11) is 0. The summed E-state index contributed by atoms with van der Waals surface area (Å²) in [6.45, 7) is -2.82. The smallest absolute Gasteiger partial charge is 0.387 e. The van der Waals surface area contributed by atoms with Gasteiger partial charge in [0.1, 0.15) is 17.1 Å². The molecule has 1 heterocycles. The first-order valence-corrected chi connectivity index (χ1v) is 6.11. The molecule has 2 aliphatic rings. The average Bonchev–Trinajstić information content (AvgIpc) is 2.25. The Balaban J connectivity index is 1.89. The number of ether oxygens (including phenoxy) is 2. The third-order valence-electron chi connectivity index (χ3n) is 3.79. The van der Waals surface area contributed by atoms with Gasteiger partial charge in [-0.1, -0.05) is 6.07 Å². The van der Waals surface area contributed by atoms with Crippen LogP contribution in [-0.2, 0) is 0 Å². The van der Waals surface area contributed by atoms with Crippen molar-refractivity contribution in [3.05, 3.63) is 23.8 Å². The van der Waals surface area contributed by atoms with Gasteiger partial charge >= 0.3 is 6.61 Å². The highest BCUT2D eigenvalue weighted by atomic mass is 19.3. The van der Waals surface area contributed by atoms with Gasteiger partial charge in [0.2, 0.25) is 0 Å². The van der Waals surface area contributed by atoms with E-state index in [1.807, 2.05) is 0 Å². The summed E-state index contributed by atoms with van der Waals surface area (Å²) >= 11 is 0. The quantitative estimate of drug-likeness (QED) is 0.883. The topological polar surface area (TPSA) is 44.5 Å². The minimum atomic E-state index is -2.82. The van der Waals surface area contributed by atoms with Crippen molar-refractivity contribution in [2.24, 2.45) is 5.73 Å². The predicted molar refractivity (Wildman–Crippen MR) is 61.8 cm³/mol. The lowest BCUT2D eigenvalue weighted by Gasteiger charge is -2.47. The van der Waals surface area contributed by atoms with Crippen molar-refractivity contribution < 1.29 is 18.3 Å². The molecule has 0 saturated heterocycles. The highest BCUT2D eigenvalue weighted by molar-refractivity contribution is 5.44. The van der Waals surface area contributed by atoms with Crippen LogP contribution in [0, 0.1) is 0 Å². The van der Waals surface area contributed by atoms with Gasteiger partial charge in [-0.15, -0.1) is 0 Å². The van der Waals surface area contributed by atoms with Crippen LogP contribution >= 0.6 is 0 Å². The van der Waals surface area contributed by atoms with E-state index in [0.29, 0.717) is 5.75 Å². The van der Waals surface area contributed by atoms with Crippen LogP contribution < -0.4 is 15.2 Å². The Morgan fingerprint density at radius 3 is 2.78 bits per heavy atom. The molecule has 0 bridgehead atoms. The van der Waals surface area contributed by atoms with Gasteiger partial charge in [0, 0.05) is 24.1 Å². The maximum absolute atomic E-state index is 12.2. The van der Waals surface area contributed by atoms with E-state index in [1.54, 1.807) is 6.07 Å². The molecule has 0 aromatic heterocycles. The first-order valence-electron chi connectivity index (χ1n) is 6.11. The van der Waals surface area contributed by atoms with Crippen LogP contribution in [0.5, 0.6) is 11.5 Å². The highest BCUT2D eigenvalue weighted by Crippen LogP contribution is 2.48. The number of fused-ring (bicyclic) bond motifs is 1. The van der Waals surface area contributed by atoms with Crippen molar-refractivity contribution in [3.63, 3.8) is 0 Å². The zero-order chi connectivity index (χ0) is 12.8. The Labute approximate surface area is 104 Å². The fourth-order valence-corrected chi connectivity index (χ4v) is 2.75. The molecule has 1 aromatic carbocycles. The number of hydrogen-bond acceptors (Lipinski definition) is 3. The molecule has 1 aromatic rings. The fourth-order valence-electron chi connectivity index (χ4n) is 2.75. The molecule has 3 rings (SSSR count). The number of nitrogens with two attached hydrogens (primary N) is 1. The summed E-state index contributed by atoms with van der Waals surface area (Å²) in [6.07, 6.45) is 3.91. The molecule has 0 amide bonds. The average molecular weight is 255 g/mol. The molecule has 1 spiro atoms. The molecule has 98 valence electrons. The standard InChI is InChI=1S/C13H15F2NO2/c14-12(15)17-8-2-3-9-10(16)7-13(4-1-5-13)18-11(9)6-8/h2-3,6,10,12H,1,4-5,7,16H2. The molecule has 18 heavy (non-hydrogen) atoms. The molecule has 5 heteroatoms. The van der Waals surface area contributed by atoms with Crippen LogP contribution in [0.25, 0.3) is 0 Å². The predicted octanol–water partition coefficient (Wildman–Crippen LogP) is 2.99. The normalized spacial score (nSPS) is 24.3. The van der Waals surface area contributed by atoms with Crippen LogP contribution in [0.15, 0.2) is 18.2 Å². The number of benzene rings is 1. The van der Waals surface area contributed by atoms with Crippen molar-refractivity contribution in [1.29, 1.82) is 0 Å². The van der Waals surface area contributed by atoms with E-state index in [-0.39, 0.29) is 17.4 Å². The van der Waals surface area contributed by atoms with Crippen molar-refractivity contribution in [1.82, 2.24) is 0 Å². The van der Waals surface area contributed by atoms with Gasteiger partial charge < -0.3 is 15.2 Å². The lowest BCUT2D eigenvalue weighted by Crippen LogP contribution is -2.48. The highest BCUT2D eigenvalue weighted by Gasteiger charge is 2.44. The second-order valence-corrected chi connectivity index (χ2v) is 5.03. The van der Waals surface area contributed by atoms with Crippen molar-refractivity contribution >= 4 is 0 Å². The molecule has 1 fully saturated rings. The minimum absolute atomic E-state index is 0.0883. The summed E-state index contributed by atoms with van der Waals surface area (Å²) in [6, 6.07) is 4.64. The summed E-state index contributed by atoms with van der Waals surface area (Å²) in [4.78, 5) is 0. The van der Waals surface area contributed by atoms with Crippen LogP contribution in [0.4, 0.5) is 8.78 Å². The van der Waals surface area contributed by atoms with Gasteiger partial charge in [-0.3, -0.25) is 0 Å². The first-order chi connectivity index (χ1) is 8.58. The second-order valence-electron chi connectivity index (χ2n) is 5.03. The third-order valence-corrected chi connectivity index (χ3v) is 3.79. The molecular formula is C13H15F2NO2. The van der Waals surface area contributed by atoms with E-state index < -0.39 is 6.61 Å². The third kappa shape index (κ3) is 1.92. The molecular weight excluding hydrogens is 240 g/mol. The maximum Gasteiger partial charge on any atom is 0.387 e. The van der Waals surface area contributed by atoms with Gasteiger partial charge in [0.25, 0.3) is 0 Å². The first kappa shape index (κ1) is 11.7. The van der Waals surface area contributed by atoms with Gasteiger partial charge in [-0.05, 0) is 25.3 Å². The second kappa shape index (κ2) is 4.09. The van der Waals surface area contributed by atoms with Crippen molar-refractivity contribution in [2.75, 3.05) is 0 Å².